The molecule has 0 bridgehead atoms. The SMILES string of the molecule is COc1ccccc1NC(=O)C1=C(C)NC(=O)N[C@H]1c1ccc(OC)c(OC)c1. The van der Waals surface area contributed by atoms with E-state index < -0.39 is 12.1 Å². The molecule has 3 amide bonds. The van der Waals surface area contributed by atoms with Crippen molar-refractivity contribution in [3.8, 4) is 17.2 Å². The van der Waals surface area contributed by atoms with Gasteiger partial charge in [0.1, 0.15) is 5.75 Å². The molecule has 0 aliphatic carbocycles. The van der Waals surface area contributed by atoms with Crippen LogP contribution in [0.4, 0.5) is 10.5 Å². The summed E-state index contributed by atoms with van der Waals surface area (Å²) >= 11 is 0. The molecule has 8 nitrogen and oxygen atoms in total. The van der Waals surface area contributed by atoms with Crippen molar-refractivity contribution in [2.75, 3.05) is 26.6 Å². The molecule has 0 aromatic heterocycles. The normalized spacial score (nSPS) is 15.9. The molecule has 0 saturated carbocycles. The van der Waals surface area contributed by atoms with Gasteiger partial charge in [-0.1, -0.05) is 18.2 Å². The molecule has 3 rings (SSSR count). The quantitative estimate of drug-likeness (QED) is 0.696. The van der Waals surface area contributed by atoms with Gasteiger partial charge in [0.25, 0.3) is 5.91 Å². The maximum atomic E-state index is 13.1. The molecule has 0 unspecified atom stereocenters. The number of hydrogen-bond donors (Lipinski definition) is 3. The molecule has 2 aromatic carbocycles. The van der Waals surface area contributed by atoms with Crippen LogP contribution in [0.5, 0.6) is 17.2 Å². The lowest BCUT2D eigenvalue weighted by atomic mass is 9.94. The van der Waals surface area contributed by atoms with Gasteiger partial charge in [-0.05, 0) is 36.8 Å². The van der Waals surface area contributed by atoms with Crippen molar-refractivity contribution >= 4 is 17.6 Å². The number of para-hydroxylation sites is 2. The minimum absolute atomic E-state index is 0.362. The lowest BCUT2D eigenvalue weighted by Gasteiger charge is -2.29. The van der Waals surface area contributed by atoms with Crippen LogP contribution in [-0.4, -0.2) is 33.3 Å². The summed E-state index contributed by atoms with van der Waals surface area (Å²) in [5, 5.41) is 8.32. The third kappa shape index (κ3) is 4.11. The Morgan fingerprint density at radius 3 is 2.34 bits per heavy atom. The van der Waals surface area contributed by atoms with Crippen LogP contribution in [0.2, 0.25) is 0 Å². The highest BCUT2D eigenvalue weighted by molar-refractivity contribution is 6.07. The Bertz CT molecular complexity index is 971. The third-order valence-corrected chi connectivity index (χ3v) is 4.61. The van der Waals surface area contributed by atoms with Crippen LogP contribution in [0.1, 0.15) is 18.5 Å². The smallest absolute Gasteiger partial charge is 0.319 e. The Morgan fingerprint density at radius 2 is 1.66 bits per heavy atom. The average molecular weight is 397 g/mol. The maximum Gasteiger partial charge on any atom is 0.319 e. The number of amides is 3. The summed E-state index contributed by atoms with van der Waals surface area (Å²) < 4.78 is 15.9. The number of rotatable bonds is 6. The molecule has 152 valence electrons. The van der Waals surface area contributed by atoms with E-state index in [0.29, 0.717) is 39.8 Å². The van der Waals surface area contributed by atoms with Crippen LogP contribution in [0.3, 0.4) is 0 Å². The van der Waals surface area contributed by atoms with E-state index in [1.165, 1.54) is 14.2 Å². The topological polar surface area (TPSA) is 97.9 Å². The molecule has 29 heavy (non-hydrogen) atoms. The number of nitrogens with one attached hydrogen (secondary N) is 3. The molecular weight excluding hydrogens is 374 g/mol. The van der Waals surface area contributed by atoms with E-state index in [1.807, 2.05) is 6.07 Å². The van der Waals surface area contributed by atoms with Gasteiger partial charge in [-0.15, -0.1) is 0 Å². The number of carbonyl (C=O) groups excluding carboxylic acids is 2. The summed E-state index contributed by atoms with van der Waals surface area (Å²) in [5.74, 6) is 1.23. The van der Waals surface area contributed by atoms with E-state index >= 15 is 0 Å². The summed E-state index contributed by atoms with van der Waals surface area (Å²) in [6, 6.07) is 11.3. The second kappa shape index (κ2) is 8.55. The largest absolute Gasteiger partial charge is 0.495 e. The first-order chi connectivity index (χ1) is 14.0. The Kier molecular flexibility index (Phi) is 5.92. The molecule has 3 N–H and O–H groups in total. The maximum absolute atomic E-state index is 13.1. The molecule has 0 radical (unpaired) electrons. The van der Waals surface area contributed by atoms with Crippen LogP contribution >= 0.6 is 0 Å². The fourth-order valence-corrected chi connectivity index (χ4v) is 3.21. The van der Waals surface area contributed by atoms with Gasteiger partial charge in [0.05, 0.1) is 38.6 Å². The van der Waals surface area contributed by atoms with Crippen LogP contribution in [-0.2, 0) is 4.79 Å². The van der Waals surface area contributed by atoms with E-state index in [1.54, 1.807) is 50.4 Å². The molecule has 2 aromatic rings. The van der Waals surface area contributed by atoms with Gasteiger partial charge < -0.3 is 30.2 Å². The number of urea groups is 1. The summed E-state index contributed by atoms with van der Waals surface area (Å²) in [6.45, 7) is 1.68. The highest BCUT2D eigenvalue weighted by Crippen LogP contribution is 2.35. The van der Waals surface area contributed by atoms with Crippen molar-refractivity contribution in [2.45, 2.75) is 13.0 Å². The first-order valence-electron chi connectivity index (χ1n) is 8.93. The van der Waals surface area contributed by atoms with Gasteiger partial charge in [-0.25, -0.2) is 4.79 Å². The fraction of sp³-hybridized carbons (Fsp3) is 0.238. The molecular formula is C21H23N3O5. The molecule has 1 atom stereocenters. The van der Waals surface area contributed by atoms with Crippen LogP contribution in [0.25, 0.3) is 0 Å². The van der Waals surface area contributed by atoms with Crippen molar-refractivity contribution in [3.05, 3.63) is 59.3 Å². The zero-order chi connectivity index (χ0) is 21.0. The average Bonchev–Trinajstić information content (AvgIpc) is 2.72. The van der Waals surface area contributed by atoms with Crippen molar-refractivity contribution in [1.29, 1.82) is 0 Å². The summed E-state index contributed by atoms with van der Waals surface area (Å²) in [6.07, 6.45) is 0. The first kappa shape index (κ1) is 20.1. The molecule has 0 spiro atoms. The molecule has 1 aliphatic heterocycles. The van der Waals surface area contributed by atoms with Crippen molar-refractivity contribution < 1.29 is 23.8 Å². The lowest BCUT2D eigenvalue weighted by molar-refractivity contribution is -0.113. The second-order valence-corrected chi connectivity index (χ2v) is 6.34. The fourth-order valence-electron chi connectivity index (χ4n) is 3.21. The summed E-state index contributed by atoms with van der Waals surface area (Å²) in [5.41, 5.74) is 2.05. The Labute approximate surface area is 168 Å². The number of allylic oxidation sites excluding steroid dienone is 1. The molecule has 0 saturated heterocycles. The number of methoxy groups -OCH3 is 3. The third-order valence-electron chi connectivity index (χ3n) is 4.61. The lowest BCUT2D eigenvalue weighted by Crippen LogP contribution is -2.46. The molecule has 1 heterocycles. The van der Waals surface area contributed by atoms with E-state index in [4.69, 9.17) is 14.2 Å². The zero-order valence-electron chi connectivity index (χ0n) is 16.7. The highest BCUT2D eigenvalue weighted by atomic mass is 16.5. The number of carbonyl (C=O) groups is 2. The van der Waals surface area contributed by atoms with Gasteiger partial charge in [-0.2, -0.15) is 0 Å². The molecule has 0 fully saturated rings. The van der Waals surface area contributed by atoms with Crippen LogP contribution in [0, 0.1) is 0 Å². The van der Waals surface area contributed by atoms with E-state index in [-0.39, 0.29) is 5.91 Å². The standard InChI is InChI=1S/C21H23N3O5/c1-12-18(20(25)23-14-7-5-6-8-15(14)27-2)19(24-21(26)22-12)13-9-10-16(28-3)17(11-13)29-4/h5-11,19H,1-4H3,(H,23,25)(H2,22,24,26)/t19-/m0/s1. The Morgan fingerprint density at radius 1 is 0.966 bits per heavy atom. The number of hydrogen-bond acceptors (Lipinski definition) is 5. The van der Waals surface area contributed by atoms with E-state index in [0.717, 1.165) is 0 Å². The first-order valence-corrected chi connectivity index (χ1v) is 8.93. The van der Waals surface area contributed by atoms with E-state index in [2.05, 4.69) is 16.0 Å². The van der Waals surface area contributed by atoms with Gasteiger partial charge in [0.15, 0.2) is 11.5 Å². The predicted octanol–water partition coefficient (Wildman–Crippen LogP) is 2.98. The van der Waals surface area contributed by atoms with Gasteiger partial charge in [0, 0.05) is 5.70 Å². The van der Waals surface area contributed by atoms with E-state index in [9.17, 15) is 9.59 Å². The number of benzene rings is 2. The minimum Gasteiger partial charge on any atom is -0.495 e. The Hall–Kier alpha value is -3.68. The Balaban J connectivity index is 1.99. The molecule has 8 heteroatoms. The zero-order valence-corrected chi connectivity index (χ0v) is 16.7. The monoisotopic (exact) mass is 397 g/mol. The van der Waals surface area contributed by atoms with Crippen LogP contribution in [0.15, 0.2) is 53.7 Å². The van der Waals surface area contributed by atoms with Crippen LogP contribution < -0.4 is 30.2 Å². The van der Waals surface area contributed by atoms with Crippen molar-refractivity contribution in [1.82, 2.24) is 10.6 Å². The summed E-state index contributed by atoms with van der Waals surface area (Å²) in [4.78, 5) is 25.2. The van der Waals surface area contributed by atoms with Crippen molar-refractivity contribution in [2.24, 2.45) is 0 Å². The second-order valence-electron chi connectivity index (χ2n) is 6.34. The van der Waals surface area contributed by atoms with Crippen molar-refractivity contribution in [3.63, 3.8) is 0 Å². The van der Waals surface area contributed by atoms with Gasteiger partial charge in [0.2, 0.25) is 0 Å². The molecule has 1 aliphatic rings. The highest BCUT2D eigenvalue weighted by Gasteiger charge is 2.32. The van der Waals surface area contributed by atoms with Gasteiger partial charge >= 0.3 is 6.03 Å². The number of ether oxygens (including phenoxy) is 3. The predicted molar refractivity (Wildman–Crippen MR) is 108 cm³/mol. The number of anilines is 1. The summed E-state index contributed by atoms with van der Waals surface area (Å²) in [7, 11) is 4.60. The minimum atomic E-state index is -0.668. The van der Waals surface area contributed by atoms with Gasteiger partial charge in [-0.3, -0.25) is 4.79 Å².